The average Bonchev–Trinajstić information content (AvgIpc) is 2.39. The topological polar surface area (TPSA) is 12.0 Å². The minimum atomic E-state index is -0.414. The van der Waals surface area contributed by atoms with Crippen LogP contribution in [0.3, 0.4) is 0 Å². The zero-order chi connectivity index (χ0) is 13.8. The van der Waals surface area contributed by atoms with Crippen LogP contribution in [-0.2, 0) is 13.1 Å². The first-order valence-corrected chi connectivity index (χ1v) is 6.79. The summed E-state index contributed by atoms with van der Waals surface area (Å²) >= 11 is 17.7. The molecule has 0 aromatic heterocycles. The highest BCUT2D eigenvalue weighted by Gasteiger charge is 2.04. The van der Waals surface area contributed by atoms with Gasteiger partial charge in [0.15, 0.2) is 0 Å². The fourth-order valence-corrected chi connectivity index (χ4v) is 2.27. The monoisotopic (exact) mass is 317 g/mol. The number of nitrogens with one attached hydrogen (secondary N) is 1. The molecule has 19 heavy (non-hydrogen) atoms. The van der Waals surface area contributed by atoms with E-state index in [9.17, 15) is 4.39 Å². The highest BCUT2D eigenvalue weighted by molar-refractivity contribution is 6.42. The van der Waals surface area contributed by atoms with Crippen molar-refractivity contribution in [2.45, 2.75) is 13.1 Å². The minimum Gasteiger partial charge on any atom is -0.309 e. The van der Waals surface area contributed by atoms with Gasteiger partial charge in [-0.05, 0) is 29.3 Å². The molecule has 0 aliphatic rings. The molecule has 0 saturated heterocycles. The van der Waals surface area contributed by atoms with E-state index in [2.05, 4.69) is 5.32 Å². The number of rotatable bonds is 4. The van der Waals surface area contributed by atoms with Gasteiger partial charge in [-0.25, -0.2) is 4.39 Å². The Morgan fingerprint density at radius 3 is 2.47 bits per heavy atom. The third-order valence-corrected chi connectivity index (χ3v) is 3.81. The Balaban J connectivity index is 1.96. The Bertz CT molecular complexity index is 587. The summed E-state index contributed by atoms with van der Waals surface area (Å²) in [6.07, 6.45) is 0. The standard InChI is InChI=1S/C14H11Cl3FN/c15-11-3-1-2-10(14(11)17)8-19-7-9-4-5-13(18)12(16)6-9/h1-6,19H,7-8H2. The second-order valence-corrected chi connectivity index (χ2v) is 5.26. The van der Waals surface area contributed by atoms with Gasteiger partial charge >= 0.3 is 0 Å². The van der Waals surface area contributed by atoms with Crippen LogP contribution >= 0.6 is 34.8 Å². The molecule has 0 unspecified atom stereocenters. The van der Waals surface area contributed by atoms with Crippen LogP contribution in [0.15, 0.2) is 36.4 Å². The summed E-state index contributed by atoms with van der Waals surface area (Å²) in [5.41, 5.74) is 1.83. The molecule has 0 amide bonds. The zero-order valence-electron chi connectivity index (χ0n) is 9.89. The van der Waals surface area contributed by atoms with Crippen LogP contribution in [0.25, 0.3) is 0 Å². The summed E-state index contributed by atoms with van der Waals surface area (Å²) in [4.78, 5) is 0. The molecule has 0 atom stereocenters. The molecule has 2 aromatic carbocycles. The van der Waals surface area contributed by atoms with Gasteiger partial charge in [0, 0.05) is 13.1 Å². The van der Waals surface area contributed by atoms with E-state index in [-0.39, 0.29) is 5.02 Å². The van der Waals surface area contributed by atoms with Gasteiger partial charge < -0.3 is 5.32 Å². The number of hydrogen-bond acceptors (Lipinski definition) is 1. The molecule has 0 bridgehead atoms. The fourth-order valence-electron chi connectivity index (χ4n) is 1.68. The molecule has 1 nitrogen and oxygen atoms in total. The van der Waals surface area contributed by atoms with Crippen LogP contribution in [0.4, 0.5) is 4.39 Å². The maximum absolute atomic E-state index is 13.0. The second-order valence-electron chi connectivity index (χ2n) is 4.06. The zero-order valence-corrected chi connectivity index (χ0v) is 12.2. The molecule has 2 rings (SSSR count). The van der Waals surface area contributed by atoms with Crippen LogP contribution in [0.5, 0.6) is 0 Å². The molecule has 0 fully saturated rings. The van der Waals surface area contributed by atoms with Gasteiger partial charge in [-0.3, -0.25) is 0 Å². The molecule has 100 valence electrons. The van der Waals surface area contributed by atoms with Crippen LogP contribution in [0, 0.1) is 5.82 Å². The van der Waals surface area contributed by atoms with E-state index in [0.717, 1.165) is 11.1 Å². The van der Waals surface area contributed by atoms with Gasteiger partial charge in [-0.15, -0.1) is 0 Å². The molecule has 1 N–H and O–H groups in total. The van der Waals surface area contributed by atoms with Gasteiger partial charge in [-0.2, -0.15) is 0 Å². The van der Waals surface area contributed by atoms with Gasteiger partial charge in [0.1, 0.15) is 5.82 Å². The van der Waals surface area contributed by atoms with Gasteiger partial charge in [0.25, 0.3) is 0 Å². The molecule has 0 aliphatic heterocycles. The second kappa shape index (κ2) is 6.58. The van der Waals surface area contributed by atoms with Gasteiger partial charge in [0.05, 0.1) is 15.1 Å². The Morgan fingerprint density at radius 2 is 1.74 bits per heavy atom. The molecular formula is C14H11Cl3FN. The molecule has 0 spiro atoms. The third-order valence-electron chi connectivity index (χ3n) is 2.66. The fraction of sp³-hybridized carbons (Fsp3) is 0.143. The molecule has 0 heterocycles. The van der Waals surface area contributed by atoms with E-state index in [1.54, 1.807) is 18.2 Å². The Hall–Kier alpha value is -0.800. The summed E-state index contributed by atoms with van der Waals surface area (Å²) in [5, 5.41) is 4.42. The largest absolute Gasteiger partial charge is 0.309 e. The van der Waals surface area contributed by atoms with Crippen LogP contribution < -0.4 is 5.32 Å². The molecular weight excluding hydrogens is 308 g/mol. The summed E-state index contributed by atoms with van der Waals surface area (Å²) in [6, 6.07) is 10.1. The van der Waals surface area contributed by atoms with E-state index >= 15 is 0 Å². The van der Waals surface area contributed by atoms with Crippen molar-refractivity contribution in [1.29, 1.82) is 0 Å². The summed E-state index contributed by atoms with van der Waals surface area (Å²) < 4.78 is 13.0. The van der Waals surface area contributed by atoms with Crippen molar-refractivity contribution >= 4 is 34.8 Å². The first kappa shape index (κ1) is 14.6. The van der Waals surface area contributed by atoms with Crippen molar-refractivity contribution in [2.75, 3.05) is 0 Å². The quantitative estimate of drug-likeness (QED) is 0.829. The van der Waals surface area contributed by atoms with Crippen LogP contribution in [0.2, 0.25) is 15.1 Å². The smallest absolute Gasteiger partial charge is 0.141 e. The maximum atomic E-state index is 13.0. The van der Waals surface area contributed by atoms with E-state index < -0.39 is 5.82 Å². The molecule has 0 saturated carbocycles. The molecule has 0 aliphatic carbocycles. The lowest BCUT2D eigenvalue weighted by atomic mass is 10.2. The SMILES string of the molecule is Fc1ccc(CNCc2cccc(Cl)c2Cl)cc1Cl. The molecule has 5 heteroatoms. The minimum absolute atomic E-state index is 0.125. The lowest BCUT2D eigenvalue weighted by molar-refractivity contribution is 0.625. The van der Waals surface area contributed by atoms with Crippen LogP contribution in [-0.4, -0.2) is 0 Å². The van der Waals surface area contributed by atoms with Crippen molar-refractivity contribution in [3.05, 3.63) is 68.4 Å². The van der Waals surface area contributed by atoms with Crippen LogP contribution in [0.1, 0.15) is 11.1 Å². The van der Waals surface area contributed by atoms with Gasteiger partial charge in [0.2, 0.25) is 0 Å². The van der Waals surface area contributed by atoms with Crippen molar-refractivity contribution < 1.29 is 4.39 Å². The lowest BCUT2D eigenvalue weighted by Gasteiger charge is -2.08. The summed E-state index contributed by atoms with van der Waals surface area (Å²) in [6.45, 7) is 1.15. The van der Waals surface area contributed by atoms with E-state index in [0.29, 0.717) is 23.1 Å². The van der Waals surface area contributed by atoms with E-state index in [1.807, 2.05) is 12.1 Å². The Kier molecular flexibility index (Phi) is 5.06. The highest BCUT2D eigenvalue weighted by atomic mass is 35.5. The normalized spacial score (nSPS) is 10.7. The Labute approximate surface area is 126 Å². The number of benzene rings is 2. The molecule has 0 radical (unpaired) electrons. The maximum Gasteiger partial charge on any atom is 0.141 e. The van der Waals surface area contributed by atoms with E-state index in [4.69, 9.17) is 34.8 Å². The van der Waals surface area contributed by atoms with Crippen molar-refractivity contribution in [2.24, 2.45) is 0 Å². The first-order chi connectivity index (χ1) is 9.08. The van der Waals surface area contributed by atoms with Crippen molar-refractivity contribution in [1.82, 2.24) is 5.32 Å². The summed E-state index contributed by atoms with van der Waals surface area (Å²) in [7, 11) is 0. The first-order valence-electron chi connectivity index (χ1n) is 5.65. The lowest BCUT2D eigenvalue weighted by Crippen LogP contribution is -2.13. The Morgan fingerprint density at radius 1 is 0.947 bits per heavy atom. The third kappa shape index (κ3) is 3.83. The average molecular weight is 319 g/mol. The van der Waals surface area contributed by atoms with Crippen molar-refractivity contribution in [3.63, 3.8) is 0 Å². The highest BCUT2D eigenvalue weighted by Crippen LogP contribution is 2.25. The summed E-state index contributed by atoms with van der Waals surface area (Å²) in [5.74, 6) is -0.414. The number of hydrogen-bond donors (Lipinski definition) is 1. The predicted octanol–water partition coefficient (Wildman–Crippen LogP) is 5.08. The number of halogens is 4. The van der Waals surface area contributed by atoms with Gasteiger partial charge in [-0.1, -0.05) is 53.0 Å². The van der Waals surface area contributed by atoms with E-state index in [1.165, 1.54) is 6.07 Å². The van der Waals surface area contributed by atoms with Crippen molar-refractivity contribution in [3.8, 4) is 0 Å². The molecule has 2 aromatic rings. The predicted molar refractivity (Wildman–Crippen MR) is 78.4 cm³/mol.